The van der Waals surface area contributed by atoms with Gasteiger partial charge >= 0.3 is 47.4 Å². The van der Waals surface area contributed by atoms with Crippen molar-refractivity contribution >= 4 is 65.6 Å². The van der Waals surface area contributed by atoms with Crippen molar-refractivity contribution in [3.8, 4) is 23.0 Å². The minimum absolute atomic E-state index is 0. The van der Waals surface area contributed by atoms with Gasteiger partial charge in [-0.1, -0.05) is 154 Å². The molecule has 0 unspecified atom stereocenters. The van der Waals surface area contributed by atoms with Crippen molar-refractivity contribution in [1.82, 2.24) is 4.72 Å². The standard InChI is InChI=1S/C32H33NO10S.C21H15ClO6S.C11H19NO4.CH4/c1-6-17-40-30(36)24(19-28(34)43-31(2,3)4)33-44(37,38)27-20-26-25(18-23(27)29(35)39-5)41-32(42-26,21-13-9-7-10-14-21)22-15-11-8-12-16-22;1-26-20(23)16-12-17-18(13-19(16)29(22,24)25)28-21(27-17,14-8-4-2-5-9-14)15-10-6-3-7-11-15;1-5-6-15-10(14)8(12)7-9(13)16-11(2,3)4;/h6-16,18,20,24,33H,1,17,19H2,2-5H3;2-13H,1H3;5,8H,1,6-7,12H2,2-4H3;1H4/t24-;;8-;/m0.0./s1. The number of carbonyl (C=O) groups is 6. The summed E-state index contributed by atoms with van der Waals surface area (Å²) in [6.07, 6.45) is 1.84. The zero-order valence-electron chi connectivity index (χ0n) is 49.8. The number of rotatable bonds is 20. The van der Waals surface area contributed by atoms with Gasteiger partial charge < -0.3 is 53.1 Å². The van der Waals surface area contributed by atoms with E-state index in [1.54, 1.807) is 90.1 Å². The molecule has 0 aliphatic carbocycles. The first-order valence-electron chi connectivity index (χ1n) is 27.1. The molecule has 3 N–H and O–H groups in total. The number of methoxy groups -OCH3 is 2. The second kappa shape index (κ2) is 30.4. The van der Waals surface area contributed by atoms with Crippen molar-refractivity contribution in [3.63, 3.8) is 0 Å². The molecule has 0 amide bonds. The number of halogens is 1. The van der Waals surface area contributed by atoms with Gasteiger partial charge in [0.25, 0.3) is 9.05 Å². The first-order chi connectivity index (χ1) is 41.9. The number of sulfonamides is 1. The molecular formula is C65H71ClN2O20S2. The second-order valence-electron chi connectivity index (χ2n) is 21.3. The molecule has 0 saturated carbocycles. The van der Waals surface area contributed by atoms with Gasteiger partial charge in [0.1, 0.15) is 46.3 Å². The molecular weight excluding hydrogens is 1230 g/mol. The molecule has 6 aromatic carbocycles. The Hall–Kier alpha value is -9.07. The first kappa shape index (κ1) is 71.7. The summed E-state index contributed by atoms with van der Waals surface area (Å²) in [6, 6.07) is 38.4. The van der Waals surface area contributed by atoms with Crippen LogP contribution in [0.25, 0.3) is 0 Å². The van der Waals surface area contributed by atoms with Gasteiger partial charge in [-0.2, -0.15) is 4.72 Å². The molecule has 0 fully saturated rings. The number of fused-ring (bicyclic) bond motifs is 2. The molecule has 0 radical (unpaired) electrons. The summed E-state index contributed by atoms with van der Waals surface area (Å²) in [6.45, 7) is 16.8. The van der Waals surface area contributed by atoms with E-state index in [1.807, 2.05) is 72.8 Å². The SMILES string of the molecule is C.C=CCOC(=O)[C@@H](N)CC(=O)OC(C)(C)C.C=CCOC(=O)[C@H](CC(=O)OC(C)(C)C)NS(=O)(=O)c1cc2c(cc1C(=O)OC)OC(c1ccccc1)(c1ccccc1)O2.COC(=O)c1cc2c(cc1S(=O)(=O)Cl)OC(c1ccccc1)(c1ccccc1)O2. The number of esters is 6. The molecule has 6 aromatic rings. The van der Waals surface area contributed by atoms with Gasteiger partial charge in [0.2, 0.25) is 10.0 Å². The number of carbonyl (C=O) groups excluding carboxylic acids is 6. The van der Waals surface area contributed by atoms with Crippen LogP contribution in [0.2, 0.25) is 0 Å². The minimum atomic E-state index is -4.71. The third-order valence-corrected chi connectivity index (χ3v) is 15.1. The lowest BCUT2D eigenvalue weighted by Gasteiger charge is -2.28. The number of ether oxygens (including phenoxy) is 10. The van der Waals surface area contributed by atoms with Gasteiger partial charge in [-0.15, -0.1) is 0 Å². The fraction of sp³-hybridized carbons (Fsp3) is 0.292. The highest BCUT2D eigenvalue weighted by Crippen LogP contribution is 2.51. The highest BCUT2D eigenvalue weighted by molar-refractivity contribution is 8.13. The van der Waals surface area contributed by atoms with Crippen molar-refractivity contribution in [3.05, 3.63) is 204 Å². The zero-order chi connectivity index (χ0) is 65.5. The number of hydrogen-bond acceptors (Lipinski definition) is 21. The fourth-order valence-corrected chi connectivity index (χ4v) is 11.0. The van der Waals surface area contributed by atoms with Crippen molar-refractivity contribution in [2.75, 3.05) is 27.4 Å². The summed E-state index contributed by atoms with van der Waals surface area (Å²) in [7, 11) is -1.18. The topological polar surface area (TPSA) is 301 Å². The number of nitrogens with one attached hydrogen (secondary N) is 1. The minimum Gasteiger partial charge on any atom is -0.465 e. The van der Waals surface area contributed by atoms with Crippen LogP contribution in [0.3, 0.4) is 0 Å². The van der Waals surface area contributed by atoms with E-state index in [4.69, 9.17) is 63.8 Å². The molecule has 0 saturated heterocycles. The Bertz CT molecular complexity index is 3700. The molecule has 90 heavy (non-hydrogen) atoms. The normalized spacial score (nSPS) is 13.9. The summed E-state index contributed by atoms with van der Waals surface area (Å²) in [5, 5.41) is 0. The van der Waals surface area contributed by atoms with Crippen LogP contribution in [-0.4, -0.2) is 103 Å². The Morgan fingerprint density at radius 3 is 1.20 bits per heavy atom. The molecule has 0 bridgehead atoms. The summed E-state index contributed by atoms with van der Waals surface area (Å²) in [4.78, 5) is 72.0. The van der Waals surface area contributed by atoms with Crippen LogP contribution in [0.1, 0.15) is 105 Å². The van der Waals surface area contributed by atoms with E-state index < -0.39 is 112 Å². The highest BCUT2D eigenvalue weighted by atomic mass is 35.7. The van der Waals surface area contributed by atoms with Gasteiger partial charge in [-0.3, -0.25) is 19.2 Å². The Kier molecular flexibility index (Phi) is 24.2. The second-order valence-corrected chi connectivity index (χ2v) is 25.5. The summed E-state index contributed by atoms with van der Waals surface area (Å²) < 4.78 is 109. The molecule has 2 heterocycles. The lowest BCUT2D eigenvalue weighted by molar-refractivity contribution is -0.159. The smallest absolute Gasteiger partial charge is 0.339 e. The van der Waals surface area contributed by atoms with E-state index >= 15 is 0 Å². The van der Waals surface area contributed by atoms with Gasteiger partial charge in [-0.05, 0) is 41.5 Å². The van der Waals surface area contributed by atoms with Crippen molar-refractivity contribution in [2.45, 2.75) is 106 Å². The Morgan fingerprint density at radius 1 is 0.544 bits per heavy atom. The lowest BCUT2D eigenvalue weighted by Crippen LogP contribution is -2.44. The average molecular weight is 1300 g/mol. The molecule has 25 heteroatoms. The molecule has 8 rings (SSSR count). The molecule has 22 nitrogen and oxygen atoms in total. The molecule has 2 aliphatic rings. The van der Waals surface area contributed by atoms with Crippen LogP contribution in [-0.2, 0) is 78.2 Å². The predicted molar refractivity (Wildman–Crippen MR) is 330 cm³/mol. The quantitative estimate of drug-likeness (QED) is 0.0311. The molecule has 480 valence electrons. The van der Waals surface area contributed by atoms with E-state index in [1.165, 1.54) is 30.4 Å². The van der Waals surface area contributed by atoms with Crippen LogP contribution in [0.4, 0.5) is 0 Å². The first-order valence-corrected chi connectivity index (χ1v) is 30.9. The summed E-state index contributed by atoms with van der Waals surface area (Å²) in [5.41, 5.74) is 5.95. The summed E-state index contributed by atoms with van der Waals surface area (Å²) >= 11 is 0. The van der Waals surface area contributed by atoms with Crippen LogP contribution in [0, 0.1) is 0 Å². The van der Waals surface area contributed by atoms with E-state index in [-0.39, 0.29) is 55.6 Å². The summed E-state index contributed by atoms with van der Waals surface area (Å²) in [5.74, 6) is -7.35. The van der Waals surface area contributed by atoms with E-state index in [0.717, 1.165) is 20.3 Å². The molecule has 2 atom stereocenters. The van der Waals surface area contributed by atoms with Crippen molar-refractivity contribution in [2.24, 2.45) is 5.73 Å². The Balaban J connectivity index is 0.000000274. The van der Waals surface area contributed by atoms with E-state index in [9.17, 15) is 45.6 Å². The van der Waals surface area contributed by atoms with Crippen molar-refractivity contribution in [1.29, 1.82) is 0 Å². The average Bonchev–Trinajstić information content (AvgIpc) is 1.58. The number of hydrogen-bond donors (Lipinski definition) is 2. The van der Waals surface area contributed by atoms with Gasteiger partial charge in [0, 0.05) is 57.2 Å². The third kappa shape index (κ3) is 18.3. The Morgan fingerprint density at radius 2 is 0.867 bits per heavy atom. The van der Waals surface area contributed by atoms with Crippen LogP contribution in [0.5, 0.6) is 23.0 Å². The van der Waals surface area contributed by atoms with Crippen LogP contribution < -0.4 is 29.4 Å². The maximum Gasteiger partial charge on any atom is 0.339 e. The predicted octanol–water partition coefficient (Wildman–Crippen LogP) is 9.74. The van der Waals surface area contributed by atoms with Crippen molar-refractivity contribution < 1.29 is 93.0 Å². The largest absolute Gasteiger partial charge is 0.465 e. The van der Waals surface area contributed by atoms with E-state index in [0.29, 0.717) is 22.3 Å². The third-order valence-electron chi connectivity index (χ3n) is 12.3. The van der Waals surface area contributed by atoms with E-state index in [2.05, 4.69) is 17.9 Å². The highest BCUT2D eigenvalue weighted by Gasteiger charge is 2.48. The molecule has 0 aromatic heterocycles. The number of nitrogens with two attached hydrogens (primary N) is 1. The Labute approximate surface area is 527 Å². The monoisotopic (exact) mass is 1300 g/mol. The number of benzene rings is 6. The fourth-order valence-electron chi connectivity index (χ4n) is 8.57. The zero-order valence-corrected chi connectivity index (χ0v) is 52.2. The lowest BCUT2D eigenvalue weighted by atomic mass is 9.97. The molecule has 0 spiro atoms. The maximum absolute atomic E-state index is 13.8. The maximum atomic E-state index is 13.8. The van der Waals surface area contributed by atoms with Crippen LogP contribution in [0.15, 0.2) is 181 Å². The molecule has 2 aliphatic heterocycles. The van der Waals surface area contributed by atoms with Gasteiger partial charge in [-0.25, -0.2) is 26.4 Å². The van der Waals surface area contributed by atoms with Gasteiger partial charge in [0.15, 0.2) is 23.0 Å². The van der Waals surface area contributed by atoms with Crippen LogP contribution >= 0.6 is 10.7 Å². The van der Waals surface area contributed by atoms with Gasteiger partial charge in [0.05, 0.1) is 38.2 Å².